The van der Waals surface area contributed by atoms with E-state index in [2.05, 4.69) is 25.4 Å². The Kier molecular flexibility index (Phi) is 4.65. The third-order valence-corrected chi connectivity index (χ3v) is 4.01. The van der Waals surface area contributed by atoms with Crippen molar-refractivity contribution in [3.05, 3.63) is 66.6 Å². The van der Waals surface area contributed by atoms with Crippen LogP contribution in [-0.4, -0.2) is 30.2 Å². The van der Waals surface area contributed by atoms with Gasteiger partial charge in [-0.3, -0.25) is 0 Å². The Morgan fingerprint density at radius 2 is 1.86 bits per heavy atom. The van der Waals surface area contributed by atoms with Gasteiger partial charge >= 0.3 is 0 Å². The number of nitrogens with zero attached hydrogens (tertiary/aromatic N) is 5. The Balaban J connectivity index is 1.60. The molecule has 1 N–H and O–H groups in total. The Labute approximate surface area is 163 Å². The van der Waals surface area contributed by atoms with E-state index < -0.39 is 0 Å². The molecule has 0 saturated heterocycles. The van der Waals surface area contributed by atoms with Crippen LogP contribution < -0.4 is 10.1 Å². The first kappa shape index (κ1) is 17.9. The molecule has 3 aromatic heterocycles. The normalized spacial score (nSPS) is 11.5. The van der Waals surface area contributed by atoms with Gasteiger partial charge in [-0.25, -0.2) is 9.97 Å². The molecule has 142 valence electrons. The van der Waals surface area contributed by atoms with Crippen molar-refractivity contribution in [2.75, 3.05) is 5.32 Å². The van der Waals surface area contributed by atoms with Crippen LogP contribution in [0.1, 0.15) is 26.3 Å². The summed E-state index contributed by atoms with van der Waals surface area (Å²) < 4.78 is 7.55. The third kappa shape index (κ3) is 4.09. The minimum absolute atomic E-state index is 0.290. The Bertz CT molecular complexity index is 1080. The van der Waals surface area contributed by atoms with Gasteiger partial charge < -0.3 is 10.1 Å². The minimum Gasteiger partial charge on any atom is -0.472 e. The van der Waals surface area contributed by atoms with Crippen LogP contribution in [0.4, 0.5) is 5.82 Å². The van der Waals surface area contributed by atoms with Gasteiger partial charge in [0.1, 0.15) is 17.7 Å². The first-order valence-corrected chi connectivity index (χ1v) is 9.12. The lowest BCUT2D eigenvalue weighted by atomic mass is 10.1. The number of nitrogens with one attached hydrogen (secondary N) is 1. The van der Waals surface area contributed by atoms with Gasteiger partial charge in [0.05, 0.1) is 5.69 Å². The summed E-state index contributed by atoms with van der Waals surface area (Å²) in [4.78, 5) is 13.1. The van der Waals surface area contributed by atoms with Crippen LogP contribution in [0.15, 0.2) is 61.1 Å². The average Bonchev–Trinajstić information content (AvgIpc) is 3.14. The number of benzene rings is 1. The summed E-state index contributed by atoms with van der Waals surface area (Å²) in [6.07, 6.45) is 3.26. The van der Waals surface area contributed by atoms with Gasteiger partial charge in [-0.1, -0.05) is 30.3 Å². The van der Waals surface area contributed by atoms with E-state index in [1.807, 2.05) is 69.3 Å². The van der Waals surface area contributed by atoms with Gasteiger partial charge in [0.25, 0.3) is 5.78 Å². The van der Waals surface area contributed by atoms with E-state index >= 15 is 0 Å². The van der Waals surface area contributed by atoms with Crippen molar-refractivity contribution in [2.24, 2.45) is 0 Å². The molecule has 0 unspecified atom stereocenters. The second-order valence-electron chi connectivity index (χ2n) is 7.43. The van der Waals surface area contributed by atoms with Crippen LogP contribution in [0.5, 0.6) is 5.88 Å². The predicted molar refractivity (Wildman–Crippen MR) is 108 cm³/mol. The van der Waals surface area contributed by atoms with E-state index in [-0.39, 0.29) is 5.60 Å². The van der Waals surface area contributed by atoms with Crippen LogP contribution in [0.2, 0.25) is 0 Å². The number of rotatable bonds is 5. The van der Waals surface area contributed by atoms with Gasteiger partial charge in [-0.05, 0) is 32.4 Å². The highest BCUT2D eigenvalue weighted by Gasteiger charge is 2.13. The molecule has 4 rings (SSSR count). The predicted octanol–water partition coefficient (Wildman–Crippen LogP) is 3.98. The van der Waals surface area contributed by atoms with E-state index in [4.69, 9.17) is 4.74 Å². The molecule has 0 radical (unpaired) electrons. The van der Waals surface area contributed by atoms with Gasteiger partial charge in [-0.2, -0.15) is 14.6 Å². The molecule has 4 aromatic rings. The molecule has 1 aromatic carbocycles. The van der Waals surface area contributed by atoms with Crippen LogP contribution in [0.3, 0.4) is 0 Å². The quantitative estimate of drug-likeness (QED) is 0.569. The van der Waals surface area contributed by atoms with Crippen molar-refractivity contribution in [3.8, 4) is 17.1 Å². The van der Waals surface area contributed by atoms with Crippen LogP contribution >= 0.6 is 0 Å². The smallest absolute Gasteiger partial charge is 0.254 e. The van der Waals surface area contributed by atoms with E-state index in [1.165, 1.54) is 6.33 Å². The van der Waals surface area contributed by atoms with Crippen molar-refractivity contribution in [1.82, 2.24) is 24.6 Å². The number of ether oxygens (including phenoxy) is 1. The van der Waals surface area contributed by atoms with Gasteiger partial charge in [0.15, 0.2) is 0 Å². The van der Waals surface area contributed by atoms with Crippen LogP contribution in [0.25, 0.3) is 17.0 Å². The topological polar surface area (TPSA) is 77.2 Å². The van der Waals surface area contributed by atoms with E-state index in [1.54, 1.807) is 10.7 Å². The highest BCUT2D eigenvalue weighted by molar-refractivity contribution is 5.65. The summed E-state index contributed by atoms with van der Waals surface area (Å²) in [5.74, 6) is 1.98. The zero-order chi connectivity index (χ0) is 19.6. The molecule has 0 bridgehead atoms. The van der Waals surface area contributed by atoms with Gasteiger partial charge in [-0.15, -0.1) is 0 Å². The van der Waals surface area contributed by atoms with Crippen LogP contribution in [-0.2, 0) is 6.54 Å². The molecule has 0 aliphatic rings. The number of hydrogen-bond acceptors (Lipinski definition) is 6. The molecule has 0 saturated carbocycles. The van der Waals surface area contributed by atoms with Gasteiger partial charge in [0, 0.05) is 30.4 Å². The molecule has 28 heavy (non-hydrogen) atoms. The number of aromatic nitrogens is 5. The van der Waals surface area contributed by atoms with Crippen molar-refractivity contribution >= 4 is 11.6 Å². The molecule has 0 amide bonds. The number of hydrogen-bond donors (Lipinski definition) is 1. The van der Waals surface area contributed by atoms with Crippen LogP contribution in [0, 0.1) is 0 Å². The zero-order valence-corrected chi connectivity index (χ0v) is 16.1. The maximum Gasteiger partial charge on any atom is 0.254 e. The minimum atomic E-state index is -0.290. The van der Waals surface area contributed by atoms with Crippen molar-refractivity contribution in [1.29, 1.82) is 0 Å². The lowest BCUT2D eigenvalue weighted by Gasteiger charge is -2.20. The highest BCUT2D eigenvalue weighted by Crippen LogP contribution is 2.22. The molecule has 0 atom stereocenters. The van der Waals surface area contributed by atoms with Crippen molar-refractivity contribution < 1.29 is 4.74 Å². The standard InChI is InChI=1S/C21H22N6O/c1-21(2,3)28-19-11-15(9-10-22-19)13-23-18-12-17(16-7-5-4-6-8-16)26-20-24-14-25-27(18)20/h4-12,14,23H,13H2,1-3H3. The van der Waals surface area contributed by atoms with Crippen molar-refractivity contribution in [3.63, 3.8) is 0 Å². The van der Waals surface area contributed by atoms with Crippen molar-refractivity contribution in [2.45, 2.75) is 32.9 Å². The van der Waals surface area contributed by atoms with E-state index in [0.29, 0.717) is 18.2 Å². The maximum absolute atomic E-state index is 5.85. The molecule has 7 heteroatoms. The Morgan fingerprint density at radius 1 is 1.04 bits per heavy atom. The molecule has 3 heterocycles. The summed E-state index contributed by atoms with van der Waals surface area (Å²) in [6.45, 7) is 6.60. The fourth-order valence-electron chi connectivity index (χ4n) is 2.82. The maximum atomic E-state index is 5.85. The van der Waals surface area contributed by atoms with E-state index in [0.717, 1.165) is 22.6 Å². The first-order valence-electron chi connectivity index (χ1n) is 9.12. The zero-order valence-electron chi connectivity index (χ0n) is 16.1. The molecule has 0 spiro atoms. The summed E-state index contributed by atoms with van der Waals surface area (Å²) in [5, 5.41) is 7.70. The lowest BCUT2D eigenvalue weighted by molar-refractivity contribution is 0.124. The molecule has 0 aliphatic carbocycles. The average molecular weight is 374 g/mol. The number of fused-ring (bicyclic) bond motifs is 1. The Morgan fingerprint density at radius 3 is 2.64 bits per heavy atom. The fraction of sp³-hybridized carbons (Fsp3) is 0.238. The molecule has 7 nitrogen and oxygen atoms in total. The summed E-state index contributed by atoms with van der Waals surface area (Å²) in [5.41, 5.74) is 2.64. The molecular formula is C21H22N6O. The second kappa shape index (κ2) is 7.26. The Hall–Kier alpha value is -3.48. The first-order chi connectivity index (χ1) is 13.5. The van der Waals surface area contributed by atoms with Gasteiger partial charge in [0.2, 0.25) is 5.88 Å². The molecular weight excluding hydrogens is 352 g/mol. The fourth-order valence-corrected chi connectivity index (χ4v) is 2.82. The molecule has 0 fully saturated rings. The highest BCUT2D eigenvalue weighted by atomic mass is 16.5. The summed E-state index contributed by atoms with van der Waals surface area (Å²) >= 11 is 0. The molecule has 0 aliphatic heterocycles. The summed E-state index contributed by atoms with van der Waals surface area (Å²) in [6, 6.07) is 15.9. The SMILES string of the molecule is CC(C)(C)Oc1cc(CNc2cc(-c3ccccc3)nc3ncnn23)ccn1. The second-order valence-corrected chi connectivity index (χ2v) is 7.43. The largest absolute Gasteiger partial charge is 0.472 e. The van der Waals surface area contributed by atoms with E-state index in [9.17, 15) is 0 Å². The lowest BCUT2D eigenvalue weighted by Crippen LogP contribution is -2.23. The third-order valence-electron chi connectivity index (χ3n) is 4.01. The monoisotopic (exact) mass is 374 g/mol. The number of pyridine rings is 1. The number of anilines is 1. The summed E-state index contributed by atoms with van der Waals surface area (Å²) in [7, 11) is 0.